The molecule has 1 N–H and O–H groups in total. The van der Waals surface area contributed by atoms with Crippen molar-refractivity contribution in [2.75, 3.05) is 6.61 Å². The second-order valence-corrected chi connectivity index (χ2v) is 4.41. The fraction of sp³-hybridized carbons (Fsp3) is 0.429. The van der Waals surface area contributed by atoms with Crippen LogP contribution in [0.15, 0.2) is 34.7 Å². The van der Waals surface area contributed by atoms with Gasteiger partial charge in [0.2, 0.25) is 0 Å². The minimum absolute atomic E-state index is 0.192. The van der Waals surface area contributed by atoms with Gasteiger partial charge in [-0.1, -0.05) is 18.2 Å². The van der Waals surface area contributed by atoms with E-state index in [1.54, 1.807) is 0 Å². The van der Waals surface area contributed by atoms with Crippen molar-refractivity contribution in [3.05, 3.63) is 36.1 Å². The predicted octanol–water partition coefficient (Wildman–Crippen LogP) is 3.28. The Bertz CT molecular complexity index is 440. The van der Waals surface area contributed by atoms with E-state index in [-0.39, 0.29) is 6.10 Å². The maximum absolute atomic E-state index is 9.96. The molecule has 3 nitrogen and oxygen atoms in total. The van der Waals surface area contributed by atoms with Gasteiger partial charge in [0.15, 0.2) is 0 Å². The van der Waals surface area contributed by atoms with Crippen molar-refractivity contribution in [3.8, 4) is 0 Å². The number of fused-ring (bicyclic) bond motifs is 1. The van der Waals surface area contributed by atoms with Gasteiger partial charge < -0.3 is 14.3 Å². The fourth-order valence-electron chi connectivity index (χ4n) is 1.72. The van der Waals surface area contributed by atoms with Crippen LogP contribution in [0.2, 0.25) is 0 Å². The number of hydrogen-bond donors (Lipinski definition) is 1. The van der Waals surface area contributed by atoms with Crippen LogP contribution < -0.4 is 0 Å². The van der Waals surface area contributed by atoms with Gasteiger partial charge in [-0.15, -0.1) is 0 Å². The van der Waals surface area contributed by atoms with Gasteiger partial charge in [-0.2, -0.15) is 0 Å². The molecule has 1 aromatic heterocycles. The highest BCUT2D eigenvalue weighted by atomic mass is 16.5. The van der Waals surface area contributed by atoms with E-state index in [9.17, 15) is 5.11 Å². The Morgan fingerprint density at radius 3 is 2.76 bits per heavy atom. The highest BCUT2D eigenvalue weighted by Gasteiger charge is 2.13. The Balaban J connectivity index is 2.01. The van der Waals surface area contributed by atoms with Crippen LogP contribution in [0.25, 0.3) is 11.0 Å². The topological polar surface area (TPSA) is 42.6 Å². The van der Waals surface area contributed by atoms with Crippen LogP contribution in [0.4, 0.5) is 0 Å². The van der Waals surface area contributed by atoms with Crippen LogP contribution in [-0.2, 0) is 4.74 Å². The molecular formula is C14H18O3. The van der Waals surface area contributed by atoms with Gasteiger partial charge in [0, 0.05) is 18.4 Å². The predicted molar refractivity (Wildman–Crippen MR) is 66.9 cm³/mol. The van der Waals surface area contributed by atoms with E-state index in [4.69, 9.17) is 9.15 Å². The van der Waals surface area contributed by atoms with Gasteiger partial charge in [0.05, 0.1) is 6.10 Å². The fourth-order valence-corrected chi connectivity index (χ4v) is 1.72. The third-order valence-electron chi connectivity index (χ3n) is 2.62. The molecule has 0 saturated carbocycles. The second-order valence-electron chi connectivity index (χ2n) is 4.41. The molecule has 0 bridgehead atoms. The van der Waals surface area contributed by atoms with Crippen LogP contribution in [0, 0.1) is 0 Å². The van der Waals surface area contributed by atoms with E-state index < -0.39 is 6.10 Å². The van der Waals surface area contributed by atoms with E-state index >= 15 is 0 Å². The van der Waals surface area contributed by atoms with E-state index in [0.717, 1.165) is 11.0 Å². The molecule has 0 saturated heterocycles. The van der Waals surface area contributed by atoms with Crippen LogP contribution >= 0.6 is 0 Å². The maximum atomic E-state index is 9.96. The number of furan rings is 1. The number of rotatable bonds is 5. The van der Waals surface area contributed by atoms with E-state index in [1.807, 2.05) is 44.2 Å². The summed E-state index contributed by atoms with van der Waals surface area (Å²) >= 11 is 0. The summed E-state index contributed by atoms with van der Waals surface area (Å²) < 4.78 is 11.0. The number of ether oxygens (including phenoxy) is 1. The monoisotopic (exact) mass is 234 g/mol. The minimum atomic E-state index is -0.596. The highest BCUT2D eigenvalue weighted by molar-refractivity contribution is 5.77. The Labute approximate surface area is 101 Å². The van der Waals surface area contributed by atoms with Crippen LogP contribution in [0.1, 0.15) is 32.1 Å². The lowest BCUT2D eigenvalue weighted by Gasteiger charge is -2.10. The molecule has 0 fully saturated rings. The SMILES string of the molecule is CC(C)OCCC(O)c1cc2ccccc2o1. The molecule has 0 aliphatic carbocycles. The van der Waals surface area contributed by atoms with Crippen molar-refractivity contribution in [1.82, 2.24) is 0 Å². The lowest BCUT2D eigenvalue weighted by molar-refractivity contribution is 0.0410. The van der Waals surface area contributed by atoms with Crippen molar-refractivity contribution in [2.24, 2.45) is 0 Å². The highest BCUT2D eigenvalue weighted by Crippen LogP contribution is 2.25. The molecule has 0 amide bonds. The summed E-state index contributed by atoms with van der Waals surface area (Å²) in [5, 5.41) is 11.0. The van der Waals surface area contributed by atoms with Gasteiger partial charge >= 0.3 is 0 Å². The first-order valence-corrected chi connectivity index (χ1v) is 5.95. The summed E-state index contributed by atoms with van der Waals surface area (Å²) in [6.45, 7) is 4.50. The molecule has 2 rings (SSSR count). The van der Waals surface area contributed by atoms with Gasteiger partial charge in [0.1, 0.15) is 17.4 Å². The van der Waals surface area contributed by atoms with Crippen LogP contribution in [-0.4, -0.2) is 17.8 Å². The summed E-state index contributed by atoms with van der Waals surface area (Å²) in [4.78, 5) is 0. The zero-order chi connectivity index (χ0) is 12.3. The molecule has 92 valence electrons. The van der Waals surface area contributed by atoms with E-state index in [2.05, 4.69) is 0 Å². The van der Waals surface area contributed by atoms with Crippen molar-refractivity contribution < 1.29 is 14.3 Å². The third kappa shape index (κ3) is 3.08. The van der Waals surface area contributed by atoms with Crippen molar-refractivity contribution in [1.29, 1.82) is 0 Å². The summed E-state index contributed by atoms with van der Waals surface area (Å²) in [5.74, 6) is 0.610. The van der Waals surface area contributed by atoms with Crippen LogP contribution in [0.5, 0.6) is 0 Å². The Morgan fingerprint density at radius 1 is 1.29 bits per heavy atom. The summed E-state index contributed by atoms with van der Waals surface area (Å²) in [6.07, 6.45) is 0.150. The summed E-state index contributed by atoms with van der Waals surface area (Å²) in [7, 11) is 0. The maximum Gasteiger partial charge on any atom is 0.134 e. The first kappa shape index (κ1) is 12.1. The molecule has 1 atom stereocenters. The first-order chi connectivity index (χ1) is 8.16. The molecular weight excluding hydrogens is 216 g/mol. The summed E-state index contributed by atoms with van der Waals surface area (Å²) in [6, 6.07) is 9.63. The quantitative estimate of drug-likeness (QED) is 0.863. The summed E-state index contributed by atoms with van der Waals surface area (Å²) in [5.41, 5.74) is 0.811. The number of hydrogen-bond acceptors (Lipinski definition) is 3. The van der Waals surface area contributed by atoms with Crippen molar-refractivity contribution in [2.45, 2.75) is 32.5 Å². The Hall–Kier alpha value is -1.32. The number of benzene rings is 1. The van der Waals surface area contributed by atoms with E-state index in [0.29, 0.717) is 18.8 Å². The number of para-hydroxylation sites is 1. The molecule has 2 aromatic rings. The molecule has 17 heavy (non-hydrogen) atoms. The number of aliphatic hydroxyl groups excluding tert-OH is 1. The molecule has 3 heteroatoms. The first-order valence-electron chi connectivity index (χ1n) is 5.95. The lowest BCUT2D eigenvalue weighted by atomic mass is 10.2. The average molecular weight is 234 g/mol. The second kappa shape index (κ2) is 5.34. The minimum Gasteiger partial charge on any atom is -0.458 e. The van der Waals surface area contributed by atoms with Crippen molar-refractivity contribution >= 4 is 11.0 Å². The standard InChI is InChI=1S/C14H18O3/c1-10(2)16-8-7-12(15)14-9-11-5-3-4-6-13(11)17-14/h3-6,9-10,12,15H,7-8H2,1-2H3. The van der Waals surface area contributed by atoms with E-state index in [1.165, 1.54) is 0 Å². The zero-order valence-electron chi connectivity index (χ0n) is 10.2. The molecule has 0 radical (unpaired) electrons. The molecule has 0 spiro atoms. The van der Waals surface area contributed by atoms with Gasteiger partial charge in [-0.05, 0) is 26.0 Å². The van der Waals surface area contributed by atoms with Crippen molar-refractivity contribution in [3.63, 3.8) is 0 Å². The molecule has 1 aromatic carbocycles. The normalized spacial score (nSPS) is 13.4. The Morgan fingerprint density at radius 2 is 2.06 bits per heavy atom. The lowest BCUT2D eigenvalue weighted by Crippen LogP contribution is -2.07. The van der Waals surface area contributed by atoms with Crippen LogP contribution in [0.3, 0.4) is 0 Å². The number of aliphatic hydroxyl groups is 1. The molecule has 1 heterocycles. The molecule has 0 aliphatic rings. The third-order valence-corrected chi connectivity index (χ3v) is 2.62. The molecule has 1 unspecified atom stereocenters. The smallest absolute Gasteiger partial charge is 0.134 e. The van der Waals surface area contributed by atoms with Gasteiger partial charge in [-0.3, -0.25) is 0 Å². The molecule has 0 aliphatic heterocycles. The van der Waals surface area contributed by atoms with Gasteiger partial charge in [-0.25, -0.2) is 0 Å². The average Bonchev–Trinajstić information content (AvgIpc) is 2.71. The van der Waals surface area contributed by atoms with Gasteiger partial charge in [0.25, 0.3) is 0 Å². The largest absolute Gasteiger partial charge is 0.458 e. The zero-order valence-corrected chi connectivity index (χ0v) is 10.2. The Kier molecular flexibility index (Phi) is 3.82.